The van der Waals surface area contributed by atoms with Gasteiger partial charge in [0.05, 0.1) is 17.5 Å². The molecule has 1 amide bonds. The second-order valence-electron chi connectivity index (χ2n) is 5.48. The molecule has 120 valence electrons. The molecule has 7 heteroatoms. The van der Waals surface area contributed by atoms with Gasteiger partial charge in [-0.3, -0.25) is 9.80 Å². The van der Waals surface area contributed by atoms with Crippen molar-refractivity contribution in [2.24, 2.45) is 0 Å². The molecule has 0 saturated carbocycles. The zero-order valence-corrected chi connectivity index (χ0v) is 15.0. The number of rotatable bonds is 4. The van der Waals surface area contributed by atoms with Crippen LogP contribution in [0.15, 0.2) is 34.8 Å². The molecule has 1 aromatic carbocycles. The zero-order chi connectivity index (χ0) is 16.3. The molecule has 0 spiro atoms. The van der Waals surface area contributed by atoms with E-state index in [2.05, 4.69) is 15.9 Å². The molecule has 1 aliphatic heterocycles. The highest BCUT2D eigenvalue weighted by Crippen LogP contribution is 2.19. The summed E-state index contributed by atoms with van der Waals surface area (Å²) in [6.07, 6.45) is 3.69. The van der Waals surface area contributed by atoms with Crippen molar-refractivity contribution in [1.82, 2.24) is 10.0 Å². The van der Waals surface area contributed by atoms with E-state index in [0.717, 1.165) is 10.0 Å². The van der Waals surface area contributed by atoms with Gasteiger partial charge in [-0.1, -0.05) is 28.1 Å². The van der Waals surface area contributed by atoms with Gasteiger partial charge in [0.25, 0.3) is 5.91 Å². The van der Waals surface area contributed by atoms with Gasteiger partial charge in [0.15, 0.2) is 9.84 Å². The Balaban J connectivity index is 2.14. The second-order valence-corrected chi connectivity index (χ2v) is 8.62. The number of benzene rings is 1. The molecule has 1 saturated heterocycles. The van der Waals surface area contributed by atoms with Crippen molar-refractivity contribution in [3.8, 4) is 0 Å². The third-order valence-corrected chi connectivity index (χ3v) is 5.72. The molecule has 1 fully saturated rings. The van der Waals surface area contributed by atoms with E-state index in [0.29, 0.717) is 6.42 Å². The summed E-state index contributed by atoms with van der Waals surface area (Å²) in [6.45, 7) is 0. The Hall–Kier alpha value is -1.18. The highest BCUT2D eigenvalue weighted by Gasteiger charge is 2.35. The summed E-state index contributed by atoms with van der Waals surface area (Å²) in [6, 6.07) is 7.31. The molecule has 1 unspecified atom stereocenters. The first-order valence-electron chi connectivity index (χ1n) is 6.93. The van der Waals surface area contributed by atoms with Gasteiger partial charge in [-0.15, -0.1) is 0 Å². The number of halogens is 1. The summed E-state index contributed by atoms with van der Waals surface area (Å²) in [5, 5.41) is 3.16. The molecule has 2 rings (SSSR count). The van der Waals surface area contributed by atoms with Gasteiger partial charge in [0, 0.05) is 24.6 Å². The molecule has 5 nitrogen and oxygen atoms in total. The fourth-order valence-corrected chi connectivity index (χ4v) is 4.63. The van der Waals surface area contributed by atoms with Crippen LogP contribution >= 0.6 is 15.9 Å². The Bertz CT molecular complexity index is 686. The average Bonchev–Trinajstić information content (AvgIpc) is 2.76. The van der Waals surface area contributed by atoms with Gasteiger partial charge in [0.2, 0.25) is 0 Å². The first kappa shape index (κ1) is 17.2. The Morgan fingerprint density at radius 3 is 2.64 bits per heavy atom. The van der Waals surface area contributed by atoms with Crippen LogP contribution in [-0.4, -0.2) is 56.0 Å². The maximum absolute atomic E-state index is 12.4. The van der Waals surface area contributed by atoms with Gasteiger partial charge in [-0.25, -0.2) is 13.4 Å². The summed E-state index contributed by atoms with van der Waals surface area (Å²) in [7, 11) is 0.461. The third-order valence-electron chi connectivity index (χ3n) is 3.48. The van der Waals surface area contributed by atoms with Gasteiger partial charge in [-0.05, 0) is 30.2 Å². The number of carbonyl (C=O) groups excluding carboxylic acids is 1. The highest BCUT2D eigenvalue weighted by atomic mass is 79.9. The molecular weight excluding hydrogens is 368 g/mol. The number of carbonyl (C=O) groups is 1. The topological polar surface area (TPSA) is 57.7 Å². The Kier molecular flexibility index (Phi) is 5.41. The lowest BCUT2D eigenvalue weighted by atomic mass is 10.2. The first-order valence-corrected chi connectivity index (χ1v) is 9.54. The summed E-state index contributed by atoms with van der Waals surface area (Å²) in [5.41, 5.74) is 0.903. The quantitative estimate of drug-likeness (QED) is 0.586. The largest absolute Gasteiger partial charge is 0.268 e. The minimum Gasteiger partial charge on any atom is -0.268 e. The van der Waals surface area contributed by atoms with E-state index in [4.69, 9.17) is 0 Å². The molecule has 1 aromatic rings. The van der Waals surface area contributed by atoms with Gasteiger partial charge >= 0.3 is 0 Å². The van der Waals surface area contributed by atoms with Crippen LogP contribution in [0.2, 0.25) is 0 Å². The van der Waals surface area contributed by atoms with Crippen molar-refractivity contribution in [3.63, 3.8) is 0 Å². The van der Waals surface area contributed by atoms with Crippen LogP contribution in [0.4, 0.5) is 0 Å². The lowest BCUT2D eigenvalue weighted by Crippen LogP contribution is -2.48. The van der Waals surface area contributed by atoms with Crippen LogP contribution in [0.5, 0.6) is 0 Å². The van der Waals surface area contributed by atoms with Crippen molar-refractivity contribution < 1.29 is 13.2 Å². The summed E-state index contributed by atoms with van der Waals surface area (Å²) < 4.78 is 24.2. The number of hydrogen-bond acceptors (Lipinski definition) is 4. The van der Waals surface area contributed by atoms with Gasteiger partial charge < -0.3 is 0 Å². The number of amides is 1. The minimum atomic E-state index is -3.03. The highest BCUT2D eigenvalue weighted by molar-refractivity contribution is 9.10. The summed E-state index contributed by atoms with van der Waals surface area (Å²) >= 11 is 3.38. The Morgan fingerprint density at radius 2 is 2.09 bits per heavy atom. The molecular formula is C15H19BrN2O3S. The zero-order valence-electron chi connectivity index (χ0n) is 12.6. The number of sulfone groups is 1. The Morgan fingerprint density at radius 1 is 1.36 bits per heavy atom. The molecule has 0 aliphatic carbocycles. The van der Waals surface area contributed by atoms with Crippen LogP contribution in [0.3, 0.4) is 0 Å². The number of hydrogen-bond donors (Lipinski definition) is 0. The van der Waals surface area contributed by atoms with Crippen LogP contribution in [0.1, 0.15) is 12.0 Å². The third kappa shape index (κ3) is 4.41. The van der Waals surface area contributed by atoms with Crippen molar-refractivity contribution in [2.45, 2.75) is 12.5 Å². The monoisotopic (exact) mass is 386 g/mol. The van der Waals surface area contributed by atoms with E-state index in [-0.39, 0.29) is 23.5 Å². The molecule has 0 bridgehead atoms. The fraction of sp³-hybridized carbons (Fsp3) is 0.400. The van der Waals surface area contributed by atoms with Gasteiger partial charge in [0.1, 0.15) is 0 Å². The minimum absolute atomic E-state index is 0.0294. The van der Waals surface area contributed by atoms with Crippen LogP contribution in [0.25, 0.3) is 6.08 Å². The SMILES string of the molecule is CN(C)N(C(=O)/C=C/c1cccc(Br)c1)C1CCS(=O)(=O)C1. The maximum Gasteiger partial charge on any atom is 0.261 e. The fourth-order valence-electron chi connectivity index (χ4n) is 2.53. The Labute approximate surface area is 139 Å². The predicted molar refractivity (Wildman–Crippen MR) is 90.8 cm³/mol. The number of nitrogens with zero attached hydrogens (tertiary/aromatic N) is 2. The van der Waals surface area contributed by atoms with E-state index in [1.165, 1.54) is 11.1 Å². The molecule has 0 radical (unpaired) electrons. The molecule has 22 heavy (non-hydrogen) atoms. The van der Waals surface area contributed by atoms with Crippen molar-refractivity contribution in [2.75, 3.05) is 25.6 Å². The molecule has 0 aromatic heterocycles. The first-order chi connectivity index (χ1) is 10.3. The van der Waals surface area contributed by atoms with Crippen LogP contribution in [-0.2, 0) is 14.6 Å². The van der Waals surface area contributed by atoms with E-state index >= 15 is 0 Å². The molecule has 0 N–H and O–H groups in total. The normalized spacial score (nSPS) is 20.6. The maximum atomic E-state index is 12.4. The molecule has 1 aliphatic rings. The average molecular weight is 387 g/mol. The van der Waals surface area contributed by atoms with E-state index in [1.54, 1.807) is 25.2 Å². The standard InChI is InChI=1S/C15H19BrN2O3S/c1-17(2)18(14-8-9-22(20,21)11-14)15(19)7-6-12-4-3-5-13(16)10-12/h3-7,10,14H,8-9,11H2,1-2H3/b7-6+. The predicted octanol–water partition coefficient (Wildman–Crippen LogP) is 1.95. The van der Waals surface area contributed by atoms with Crippen molar-refractivity contribution in [1.29, 1.82) is 0 Å². The number of hydrazine groups is 1. The molecule has 1 heterocycles. The van der Waals surface area contributed by atoms with Crippen LogP contribution in [0, 0.1) is 0 Å². The smallest absolute Gasteiger partial charge is 0.261 e. The van der Waals surface area contributed by atoms with E-state index in [9.17, 15) is 13.2 Å². The van der Waals surface area contributed by atoms with Crippen LogP contribution < -0.4 is 0 Å². The summed E-state index contributed by atoms with van der Waals surface area (Å²) in [5.74, 6) is -0.0428. The lowest BCUT2D eigenvalue weighted by Gasteiger charge is -2.32. The van der Waals surface area contributed by atoms with Crippen molar-refractivity contribution >= 4 is 37.8 Å². The van der Waals surface area contributed by atoms with E-state index in [1.807, 2.05) is 24.3 Å². The second kappa shape index (κ2) is 6.93. The molecule has 1 atom stereocenters. The lowest BCUT2D eigenvalue weighted by molar-refractivity contribution is -0.143. The summed E-state index contributed by atoms with van der Waals surface area (Å²) in [4.78, 5) is 12.4. The van der Waals surface area contributed by atoms with E-state index < -0.39 is 9.84 Å². The van der Waals surface area contributed by atoms with Crippen molar-refractivity contribution in [3.05, 3.63) is 40.4 Å². The van der Waals surface area contributed by atoms with Gasteiger partial charge in [-0.2, -0.15) is 0 Å².